The van der Waals surface area contributed by atoms with E-state index in [1.165, 1.54) is 0 Å². The Bertz CT molecular complexity index is 648. The van der Waals surface area contributed by atoms with Gasteiger partial charge in [-0.3, -0.25) is 4.98 Å². The van der Waals surface area contributed by atoms with Gasteiger partial charge in [-0.2, -0.15) is 0 Å². The molecule has 0 saturated heterocycles. The SMILES string of the molecule is CC(Oc1c(I)cc(Cl)c2cccnc12)C(N)=NO. The molecule has 0 saturated carbocycles. The summed E-state index contributed by atoms with van der Waals surface area (Å²) in [5.74, 6) is 0.564. The van der Waals surface area contributed by atoms with Crippen LogP contribution in [0.5, 0.6) is 5.75 Å². The molecule has 0 aliphatic carbocycles. The minimum atomic E-state index is -0.565. The van der Waals surface area contributed by atoms with Crippen LogP contribution in [0.2, 0.25) is 5.02 Å². The number of ether oxygens (including phenoxy) is 1. The molecule has 0 amide bonds. The molecule has 100 valence electrons. The molecule has 0 aliphatic rings. The van der Waals surface area contributed by atoms with E-state index >= 15 is 0 Å². The number of hydrogen-bond acceptors (Lipinski definition) is 4. The van der Waals surface area contributed by atoms with Crippen molar-refractivity contribution in [2.75, 3.05) is 0 Å². The number of rotatable bonds is 3. The summed E-state index contributed by atoms with van der Waals surface area (Å²) in [5.41, 5.74) is 6.16. The van der Waals surface area contributed by atoms with Gasteiger partial charge in [0.1, 0.15) is 5.52 Å². The molecule has 2 rings (SSSR count). The van der Waals surface area contributed by atoms with Gasteiger partial charge in [-0.25, -0.2) is 0 Å². The van der Waals surface area contributed by atoms with E-state index in [2.05, 4.69) is 32.7 Å². The number of halogens is 2. The standard InChI is InChI=1S/C12H11ClIN3O2/c1-6(12(15)17-18)19-11-9(14)5-8(13)7-3-2-4-16-10(7)11/h2-6,18H,1H3,(H2,15,17). The second-order valence-corrected chi connectivity index (χ2v) is 5.42. The maximum atomic E-state index is 8.65. The molecule has 0 radical (unpaired) electrons. The number of pyridine rings is 1. The Morgan fingerprint density at radius 3 is 3.05 bits per heavy atom. The molecule has 7 heteroatoms. The Kier molecular flexibility index (Phi) is 4.31. The summed E-state index contributed by atoms with van der Waals surface area (Å²) < 4.78 is 6.53. The second-order valence-electron chi connectivity index (χ2n) is 3.85. The number of nitrogens with two attached hydrogens (primary N) is 1. The molecule has 0 aliphatic heterocycles. The third-order valence-electron chi connectivity index (χ3n) is 2.58. The topological polar surface area (TPSA) is 80.7 Å². The molecule has 1 unspecified atom stereocenters. The van der Waals surface area contributed by atoms with Crippen molar-refractivity contribution in [1.29, 1.82) is 0 Å². The molecular weight excluding hydrogens is 381 g/mol. The van der Waals surface area contributed by atoms with Crippen LogP contribution in [-0.2, 0) is 0 Å². The minimum absolute atomic E-state index is 0.00479. The summed E-state index contributed by atoms with van der Waals surface area (Å²) in [6, 6.07) is 5.46. The van der Waals surface area contributed by atoms with Crippen LogP contribution in [0.4, 0.5) is 0 Å². The molecule has 3 N–H and O–H groups in total. The molecule has 1 aromatic heterocycles. The smallest absolute Gasteiger partial charge is 0.180 e. The van der Waals surface area contributed by atoms with Crippen molar-refractivity contribution in [1.82, 2.24) is 4.98 Å². The summed E-state index contributed by atoms with van der Waals surface area (Å²) >= 11 is 8.28. The van der Waals surface area contributed by atoms with E-state index in [9.17, 15) is 0 Å². The van der Waals surface area contributed by atoms with Gasteiger partial charge >= 0.3 is 0 Å². The fraction of sp³-hybridized carbons (Fsp3) is 0.167. The summed E-state index contributed by atoms with van der Waals surface area (Å²) in [7, 11) is 0. The number of amidine groups is 1. The summed E-state index contributed by atoms with van der Waals surface area (Å²) in [6.07, 6.45) is 1.10. The van der Waals surface area contributed by atoms with Crippen LogP contribution in [0.15, 0.2) is 29.6 Å². The van der Waals surface area contributed by atoms with E-state index in [-0.39, 0.29) is 5.84 Å². The Morgan fingerprint density at radius 2 is 2.37 bits per heavy atom. The molecule has 0 spiro atoms. The van der Waals surface area contributed by atoms with E-state index < -0.39 is 6.10 Å². The van der Waals surface area contributed by atoms with Gasteiger partial charge in [0.25, 0.3) is 0 Å². The average molecular weight is 392 g/mol. The number of fused-ring (bicyclic) bond motifs is 1. The van der Waals surface area contributed by atoms with Gasteiger partial charge in [-0.05, 0) is 47.7 Å². The molecule has 0 fully saturated rings. The maximum Gasteiger partial charge on any atom is 0.180 e. The van der Waals surface area contributed by atoms with Crippen molar-refractivity contribution in [2.24, 2.45) is 10.9 Å². The van der Waals surface area contributed by atoms with E-state index in [1.54, 1.807) is 25.3 Å². The van der Waals surface area contributed by atoms with Crippen molar-refractivity contribution < 1.29 is 9.94 Å². The van der Waals surface area contributed by atoms with Crippen LogP contribution < -0.4 is 10.5 Å². The number of nitrogens with zero attached hydrogens (tertiary/aromatic N) is 2. The van der Waals surface area contributed by atoms with Crippen molar-refractivity contribution in [3.05, 3.63) is 33.0 Å². The highest BCUT2D eigenvalue weighted by molar-refractivity contribution is 14.1. The Balaban J connectivity index is 2.54. The van der Waals surface area contributed by atoms with Crippen LogP contribution >= 0.6 is 34.2 Å². The maximum absolute atomic E-state index is 8.65. The highest BCUT2D eigenvalue weighted by atomic mass is 127. The molecule has 1 aromatic carbocycles. The van der Waals surface area contributed by atoms with Crippen LogP contribution in [0.3, 0.4) is 0 Å². The normalized spacial score (nSPS) is 13.5. The zero-order valence-electron chi connectivity index (χ0n) is 9.97. The predicted octanol–water partition coefficient (Wildman–Crippen LogP) is 3.01. The highest BCUT2D eigenvalue weighted by Gasteiger charge is 2.16. The molecule has 1 heterocycles. The first-order valence-corrected chi connectivity index (χ1v) is 6.87. The van der Waals surface area contributed by atoms with Crippen LogP contribution in [-0.4, -0.2) is 22.1 Å². The first kappa shape index (κ1) is 14.1. The molecule has 19 heavy (non-hydrogen) atoms. The Morgan fingerprint density at radius 1 is 1.63 bits per heavy atom. The lowest BCUT2D eigenvalue weighted by atomic mass is 10.2. The fourth-order valence-electron chi connectivity index (χ4n) is 1.58. The summed E-state index contributed by atoms with van der Waals surface area (Å²) in [6.45, 7) is 1.69. The summed E-state index contributed by atoms with van der Waals surface area (Å²) in [4.78, 5) is 4.28. The van der Waals surface area contributed by atoms with Gasteiger partial charge in [-0.1, -0.05) is 16.8 Å². The lowest BCUT2D eigenvalue weighted by Crippen LogP contribution is -2.31. The van der Waals surface area contributed by atoms with E-state index in [1.807, 2.05) is 6.07 Å². The van der Waals surface area contributed by atoms with Gasteiger partial charge < -0.3 is 15.7 Å². The van der Waals surface area contributed by atoms with Crippen LogP contribution in [0.25, 0.3) is 10.9 Å². The zero-order valence-corrected chi connectivity index (χ0v) is 12.9. The molecule has 5 nitrogen and oxygen atoms in total. The summed E-state index contributed by atoms with van der Waals surface area (Å²) in [5, 5.41) is 13.0. The van der Waals surface area contributed by atoms with E-state index in [0.29, 0.717) is 16.3 Å². The van der Waals surface area contributed by atoms with Gasteiger partial charge in [0.05, 0.1) is 8.59 Å². The third kappa shape index (κ3) is 2.84. The number of aromatic nitrogens is 1. The van der Waals surface area contributed by atoms with Crippen molar-refractivity contribution in [3.8, 4) is 5.75 Å². The Labute approximate surface area is 128 Å². The van der Waals surface area contributed by atoms with E-state index in [0.717, 1.165) is 8.96 Å². The largest absolute Gasteiger partial charge is 0.479 e. The quantitative estimate of drug-likeness (QED) is 0.277. The van der Waals surface area contributed by atoms with Crippen LogP contribution in [0, 0.1) is 3.57 Å². The number of oxime groups is 1. The van der Waals surface area contributed by atoms with Crippen molar-refractivity contribution in [3.63, 3.8) is 0 Å². The lowest BCUT2D eigenvalue weighted by molar-refractivity contribution is 0.266. The van der Waals surface area contributed by atoms with Gasteiger partial charge in [0.2, 0.25) is 0 Å². The molecule has 2 aromatic rings. The average Bonchev–Trinajstić information content (AvgIpc) is 2.42. The molecular formula is C12H11ClIN3O2. The first-order valence-electron chi connectivity index (χ1n) is 5.41. The van der Waals surface area contributed by atoms with Crippen molar-refractivity contribution >= 4 is 50.9 Å². The van der Waals surface area contributed by atoms with Crippen molar-refractivity contribution in [2.45, 2.75) is 13.0 Å². The second kappa shape index (κ2) is 5.79. The van der Waals surface area contributed by atoms with Gasteiger partial charge in [-0.15, -0.1) is 0 Å². The fourth-order valence-corrected chi connectivity index (χ4v) is 2.72. The number of hydrogen-bond donors (Lipinski definition) is 2. The Hall–Kier alpha value is -1.28. The predicted molar refractivity (Wildman–Crippen MR) is 83.0 cm³/mol. The third-order valence-corrected chi connectivity index (χ3v) is 3.69. The first-order chi connectivity index (χ1) is 9.04. The van der Waals surface area contributed by atoms with Gasteiger partial charge in [0, 0.05) is 11.6 Å². The molecule has 1 atom stereocenters. The minimum Gasteiger partial charge on any atom is -0.479 e. The number of benzene rings is 1. The zero-order chi connectivity index (χ0) is 14.0. The molecule has 0 bridgehead atoms. The lowest BCUT2D eigenvalue weighted by Gasteiger charge is -2.16. The van der Waals surface area contributed by atoms with Crippen LogP contribution in [0.1, 0.15) is 6.92 Å². The van der Waals surface area contributed by atoms with Gasteiger partial charge in [0.15, 0.2) is 17.7 Å². The monoisotopic (exact) mass is 391 g/mol. The van der Waals surface area contributed by atoms with E-state index in [4.69, 9.17) is 27.3 Å². The highest BCUT2D eigenvalue weighted by Crippen LogP contribution is 2.35.